The van der Waals surface area contributed by atoms with Gasteiger partial charge < -0.3 is 20.5 Å². The first kappa shape index (κ1) is 17.5. The Bertz CT molecular complexity index is 858. The van der Waals surface area contributed by atoms with Crippen molar-refractivity contribution in [2.45, 2.75) is 13.8 Å². The van der Waals surface area contributed by atoms with Crippen LogP contribution >= 0.6 is 0 Å². The predicted octanol–water partition coefficient (Wildman–Crippen LogP) is 3.12. The molecular formula is C19H22N6O. The van der Waals surface area contributed by atoms with Gasteiger partial charge in [0.15, 0.2) is 5.82 Å². The first-order valence-corrected chi connectivity index (χ1v) is 8.45. The van der Waals surface area contributed by atoms with Gasteiger partial charge in [0, 0.05) is 31.2 Å². The van der Waals surface area contributed by atoms with Crippen molar-refractivity contribution in [3.63, 3.8) is 0 Å². The molecular weight excluding hydrogens is 328 g/mol. The van der Waals surface area contributed by atoms with Crippen LogP contribution in [-0.4, -0.2) is 33.9 Å². The van der Waals surface area contributed by atoms with E-state index in [4.69, 9.17) is 0 Å². The van der Waals surface area contributed by atoms with Crippen molar-refractivity contribution in [2.75, 3.05) is 23.7 Å². The minimum Gasteiger partial charge on any atom is -0.367 e. The van der Waals surface area contributed by atoms with Gasteiger partial charge in [0.1, 0.15) is 5.82 Å². The van der Waals surface area contributed by atoms with E-state index >= 15 is 0 Å². The zero-order valence-electron chi connectivity index (χ0n) is 14.9. The quantitative estimate of drug-likeness (QED) is 0.597. The van der Waals surface area contributed by atoms with Crippen molar-refractivity contribution in [3.8, 4) is 5.82 Å². The van der Waals surface area contributed by atoms with Gasteiger partial charge in [0.25, 0.3) is 0 Å². The number of benzene rings is 1. The summed E-state index contributed by atoms with van der Waals surface area (Å²) < 4.78 is 1.88. The average molecular weight is 350 g/mol. The molecule has 1 aromatic carbocycles. The molecule has 0 spiro atoms. The number of nitrogens with one attached hydrogen (secondary N) is 3. The van der Waals surface area contributed by atoms with Crippen LogP contribution in [0.15, 0.2) is 54.9 Å². The van der Waals surface area contributed by atoms with E-state index in [0.29, 0.717) is 18.9 Å². The van der Waals surface area contributed by atoms with E-state index in [9.17, 15) is 4.79 Å². The molecule has 0 aliphatic heterocycles. The van der Waals surface area contributed by atoms with E-state index in [1.165, 1.54) is 5.56 Å². The number of anilines is 2. The highest BCUT2D eigenvalue weighted by molar-refractivity contribution is 5.90. The lowest BCUT2D eigenvalue weighted by Gasteiger charge is -2.11. The number of aryl methyl sites for hydroxylation is 2. The second-order valence-electron chi connectivity index (χ2n) is 5.99. The maximum atomic E-state index is 12.0. The third-order valence-corrected chi connectivity index (χ3v) is 3.87. The maximum Gasteiger partial charge on any atom is 0.319 e. The molecule has 3 rings (SSSR count). The molecule has 0 saturated carbocycles. The Morgan fingerprint density at radius 3 is 2.54 bits per heavy atom. The number of urea groups is 1. The molecule has 0 aliphatic carbocycles. The van der Waals surface area contributed by atoms with Crippen LogP contribution in [0.3, 0.4) is 0 Å². The molecule has 2 aromatic heterocycles. The Morgan fingerprint density at radius 1 is 1.04 bits per heavy atom. The minimum absolute atomic E-state index is 0.229. The second kappa shape index (κ2) is 8.15. The van der Waals surface area contributed by atoms with E-state index in [0.717, 1.165) is 17.1 Å². The highest BCUT2D eigenvalue weighted by Crippen LogP contribution is 2.15. The molecule has 0 saturated heterocycles. The number of hydrogen-bond donors (Lipinski definition) is 3. The summed E-state index contributed by atoms with van der Waals surface area (Å²) >= 11 is 0. The Labute approximate surface area is 152 Å². The monoisotopic (exact) mass is 350 g/mol. The van der Waals surface area contributed by atoms with Gasteiger partial charge >= 0.3 is 6.03 Å². The van der Waals surface area contributed by atoms with Crippen LogP contribution < -0.4 is 16.0 Å². The Kier molecular flexibility index (Phi) is 5.48. The Balaban J connectivity index is 1.41. The van der Waals surface area contributed by atoms with Crippen molar-refractivity contribution >= 4 is 17.5 Å². The molecule has 2 heterocycles. The molecule has 134 valence electrons. The molecule has 2 amide bonds. The summed E-state index contributed by atoms with van der Waals surface area (Å²) in [6, 6.07) is 13.3. The molecule has 7 heteroatoms. The van der Waals surface area contributed by atoms with Crippen molar-refractivity contribution in [3.05, 3.63) is 66.0 Å². The summed E-state index contributed by atoms with van der Waals surface area (Å²) in [7, 11) is 0. The van der Waals surface area contributed by atoms with Gasteiger partial charge in [-0.25, -0.2) is 4.79 Å². The van der Waals surface area contributed by atoms with E-state index < -0.39 is 0 Å². The summed E-state index contributed by atoms with van der Waals surface area (Å²) in [6.07, 6.45) is 3.82. The predicted molar refractivity (Wildman–Crippen MR) is 103 cm³/mol. The van der Waals surface area contributed by atoms with Crippen LogP contribution in [0.1, 0.15) is 11.1 Å². The van der Waals surface area contributed by atoms with Crippen molar-refractivity contribution in [1.29, 1.82) is 0 Å². The Morgan fingerprint density at radius 2 is 1.85 bits per heavy atom. The van der Waals surface area contributed by atoms with Crippen molar-refractivity contribution in [2.24, 2.45) is 0 Å². The molecule has 26 heavy (non-hydrogen) atoms. The van der Waals surface area contributed by atoms with Gasteiger partial charge in [0.05, 0.1) is 0 Å². The molecule has 3 aromatic rings. The van der Waals surface area contributed by atoms with Crippen LogP contribution in [0.4, 0.5) is 16.3 Å². The van der Waals surface area contributed by atoms with Crippen molar-refractivity contribution < 1.29 is 4.79 Å². The molecule has 7 nitrogen and oxygen atoms in total. The van der Waals surface area contributed by atoms with E-state index in [2.05, 4.69) is 26.1 Å². The Hall–Kier alpha value is -3.35. The van der Waals surface area contributed by atoms with Gasteiger partial charge in [0.2, 0.25) is 0 Å². The topological polar surface area (TPSA) is 83.9 Å². The zero-order chi connectivity index (χ0) is 18.4. The first-order chi connectivity index (χ1) is 12.6. The molecule has 0 bridgehead atoms. The van der Waals surface area contributed by atoms with E-state index in [1.807, 2.05) is 73.3 Å². The normalized spacial score (nSPS) is 10.4. The number of nitrogens with zero attached hydrogens (tertiary/aromatic N) is 3. The lowest BCUT2D eigenvalue weighted by Crippen LogP contribution is -2.33. The third kappa shape index (κ3) is 4.60. The summed E-state index contributed by atoms with van der Waals surface area (Å²) in [4.78, 5) is 12.0. The number of rotatable bonds is 6. The smallest absolute Gasteiger partial charge is 0.319 e. The number of carbonyl (C=O) groups is 1. The summed E-state index contributed by atoms with van der Waals surface area (Å²) in [5.41, 5.74) is 3.02. The van der Waals surface area contributed by atoms with Gasteiger partial charge in [-0.3, -0.25) is 0 Å². The van der Waals surface area contributed by atoms with Crippen LogP contribution in [0, 0.1) is 13.8 Å². The number of aromatic nitrogens is 3. The molecule has 3 N–H and O–H groups in total. The zero-order valence-corrected chi connectivity index (χ0v) is 14.9. The molecule has 0 radical (unpaired) electrons. The minimum atomic E-state index is -0.229. The average Bonchev–Trinajstić information content (AvgIpc) is 3.16. The number of carbonyl (C=O) groups excluding carboxylic acids is 1. The molecule has 0 atom stereocenters. The second-order valence-corrected chi connectivity index (χ2v) is 5.99. The number of amides is 2. The highest BCUT2D eigenvalue weighted by Gasteiger charge is 2.04. The van der Waals surface area contributed by atoms with Gasteiger partial charge in [-0.05, 0) is 49.7 Å². The maximum absolute atomic E-state index is 12.0. The molecule has 0 fully saturated rings. The van der Waals surface area contributed by atoms with Crippen LogP contribution in [-0.2, 0) is 0 Å². The fourth-order valence-electron chi connectivity index (χ4n) is 2.53. The van der Waals surface area contributed by atoms with Crippen LogP contribution in [0.2, 0.25) is 0 Å². The fraction of sp³-hybridized carbons (Fsp3) is 0.211. The summed E-state index contributed by atoms with van der Waals surface area (Å²) in [5.74, 6) is 1.42. The van der Waals surface area contributed by atoms with Gasteiger partial charge in [-0.1, -0.05) is 17.7 Å². The van der Waals surface area contributed by atoms with Gasteiger partial charge in [-0.15, -0.1) is 10.2 Å². The largest absolute Gasteiger partial charge is 0.367 e. The lowest BCUT2D eigenvalue weighted by atomic mass is 10.1. The lowest BCUT2D eigenvalue weighted by molar-refractivity contribution is 0.252. The van der Waals surface area contributed by atoms with Crippen LogP contribution in [0.5, 0.6) is 0 Å². The number of hydrogen-bond acceptors (Lipinski definition) is 4. The summed E-state index contributed by atoms with van der Waals surface area (Å²) in [5, 5.41) is 17.1. The van der Waals surface area contributed by atoms with Crippen LogP contribution in [0.25, 0.3) is 5.82 Å². The third-order valence-electron chi connectivity index (χ3n) is 3.87. The van der Waals surface area contributed by atoms with Gasteiger partial charge in [-0.2, -0.15) is 0 Å². The molecule has 0 unspecified atom stereocenters. The highest BCUT2D eigenvalue weighted by atomic mass is 16.2. The summed E-state index contributed by atoms with van der Waals surface area (Å²) in [6.45, 7) is 5.02. The molecule has 0 aliphatic rings. The van der Waals surface area contributed by atoms with E-state index in [1.54, 1.807) is 0 Å². The standard InChI is InChI=1S/C19H22N6O/c1-14-5-6-16(15(2)13-14)22-19(26)21-10-9-20-17-7-8-18(24-23-17)25-11-3-4-12-25/h3-8,11-13H,9-10H2,1-2H3,(H,20,23)(H2,21,22,26). The van der Waals surface area contributed by atoms with E-state index in [-0.39, 0.29) is 6.03 Å². The SMILES string of the molecule is Cc1ccc(NC(=O)NCCNc2ccc(-n3cccc3)nn2)c(C)c1. The van der Waals surface area contributed by atoms with Crippen molar-refractivity contribution in [1.82, 2.24) is 20.1 Å². The first-order valence-electron chi connectivity index (χ1n) is 8.45. The fourth-order valence-corrected chi connectivity index (χ4v) is 2.53.